The van der Waals surface area contributed by atoms with Crippen molar-refractivity contribution < 1.29 is 9.59 Å². The summed E-state index contributed by atoms with van der Waals surface area (Å²) in [6.45, 7) is 16.9. The van der Waals surface area contributed by atoms with Gasteiger partial charge in [-0.3, -0.25) is 9.59 Å². The number of nitrogens with zero attached hydrogens (tertiary/aromatic N) is 3. The molecule has 2 amide bonds. The van der Waals surface area contributed by atoms with E-state index in [0.29, 0.717) is 25.1 Å². The van der Waals surface area contributed by atoms with Gasteiger partial charge in [-0.25, -0.2) is 0 Å². The minimum Gasteiger partial charge on any atom is -0.358 e. The van der Waals surface area contributed by atoms with Crippen LogP contribution in [0.25, 0.3) is 0 Å². The van der Waals surface area contributed by atoms with Gasteiger partial charge in [-0.2, -0.15) is 0 Å². The lowest BCUT2D eigenvalue weighted by Gasteiger charge is -2.40. The van der Waals surface area contributed by atoms with Crippen molar-refractivity contribution in [3.8, 4) is 0 Å². The molecule has 0 bridgehead atoms. The van der Waals surface area contributed by atoms with Gasteiger partial charge in [0.2, 0.25) is 5.91 Å². The number of carbonyl (C=O) groups is 2. The summed E-state index contributed by atoms with van der Waals surface area (Å²) in [5.41, 5.74) is 1.58. The SMILES string of the molecule is CC.CCC(=O)NCc1cccc(C(=O)N2C=C(N(CC)CC)N(CC)CC2)c1. The van der Waals surface area contributed by atoms with Gasteiger partial charge in [0.05, 0.1) is 0 Å². The molecule has 6 heteroatoms. The van der Waals surface area contributed by atoms with Crippen LogP contribution in [0.15, 0.2) is 36.3 Å². The van der Waals surface area contributed by atoms with Crippen molar-refractivity contribution in [3.05, 3.63) is 47.4 Å². The topological polar surface area (TPSA) is 55.9 Å². The summed E-state index contributed by atoms with van der Waals surface area (Å²) in [5, 5.41) is 2.86. The van der Waals surface area contributed by atoms with E-state index in [-0.39, 0.29) is 11.8 Å². The summed E-state index contributed by atoms with van der Waals surface area (Å²) in [7, 11) is 0. The average molecular weight is 403 g/mol. The van der Waals surface area contributed by atoms with Gasteiger partial charge in [-0.05, 0) is 38.5 Å². The van der Waals surface area contributed by atoms with E-state index in [1.807, 2.05) is 56.1 Å². The first-order valence-electron chi connectivity index (χ1n) is 10.9. The van der Waals surface area contributed by atoms with Crippen molar-refractivity contribution in [1.82, 2.24) is 20.0 Å². The number of hydrogen-bond donors (Lipinski definition) is 1. The summed E-state index contributed by atoms with van der Waals surface area (Å²) in [4.78, 5) is 30.9. The smallest absolute Gasteiger partial charge is 0.257 e. The van der Waals surface area contributed by atoms with Gasteiger partial charge >= 0.3 is 0 Å². The zero-order valence-electron chi connectivity index (χ0n) is 19.0. The highest BCUT2D eigenvalue weighted by Crippen LogP contribution is 2.19. The Bertz CT molecular complexity index is 683. The van der Waals surface area contributed by atoms with Gasteiger partial charge in [0.25, 0.3) is 5.91 Å². The fraction of sp³-hybridized carbons (Fsp3) is 0.565. The maximum Gasteiger partial charge on any atom is 0.257 e. The summed E-state index contributed by atoms with van der Waals surface area (Å²) < 4.78 is 0. The molecule has 1 aromatic rings. The fourth-order valence-corrected chi connectivity index (χ4v) is 3.24. The zero-order chi connectivity index (χ0) is 21.8. The molecular formula is C23H38N4O2. The van der Waals surface area contributed by atoms with E-state index in [1.165, 1.54) is 0 Å². The second-order valence-corrected chi connectivity index (χ2v) is 6.57. The molecule has 0 aromatic heterocycles. The van der Waals surface area contributed by atoms with E-state index in [4.69, 9.17) is 0 Å². The van der Waals surface area contributed by atoms with Gasteiger partial charge in [-0.1, -0.05) is 32.9 Å². The molecule has 0 atom stereocenters. The lowest BCUT2D eigenvalue weighted by molar-refractivity contribution is -0.120. The second-order valence-electron chi connectivity index (χ2n) is 6.57. The van der Waals surface area contributed by atoms with E-state index in [1.54, 1.807) is 0 Å². The summed E-state index contributed by atoms with van der Waals surface area (Å²) >= 11 is 0. The fourth-order valence-electron chi connectivity index (χ4n) is 3.24. The highest BCUT2D eigenvalue weighted by Gasteiger charge is 2.24. The third kappa shape index (κ3) is 6.80. The maximum absolute atomic E-state index is 13.0. The molecule has 1 aliphatic heterocycles. The van der Waals surface area contributed by atoms with Crippen LogP contribution in [-0.2, 0) is 11.3 Å². The van der Waals surface area contributed by atoms with E-state index in [2.05, 4.69) is 35.9 Å². The van der Waals surface area contributed by atoms with Gasteiger partial charge in [-0.15, -0.1) is 0 Å². The zero-order valence-corrected chi connectivity index (χ0v) is 19.0. The average Bonchev–Trinajstić information content (AvgIpc) is 2.79. The Morgan fingerprint density at radius 3 is 2.34 bits per heavy atom. The lowest BCUT2D eigenvalue weighted by Crippen LogP contribution is -2.46. The van der Waals surface area contributed by atoms with Crippen LogP contribution in [0.4, 0.5) is 0 Å². The van der Waals surface area contributed by atoms with Crippen molar-refractivity contribution in [2.45, 2.75) is 54.5 Å². The van der Waals surface area contributed by atoms with Crippen LogP contribution >= 0.6 is 0 Å². The molecule has 2 rings (SSSR count). The predicted octanol–water partition coefficient (Wildman–Crippen LogP) is 3.66. The van der Waals surface area contributed by atoms with Crippen molar-refractivity contribution in [2.75, 3.05) is 32.7 Å². The van der Waals surface area contributed by atoms with E-state index < -0.39 is 0 Å². The molecular weight excluding hydrogens is 364 g/mol. The van der Waals surface area contributed by atoms with Crippen LogP contribution in [0, 0.1) is 0 Å². The van der Waals surface area contributed by atoms with E-state index >= 15 is 0 Å². The lowest BCUT2D eigenvalue weighted by atomic mass is 10.1. The molecule has 0 radical (unpaired) electrons. The number of nitrogens with one attached hydrogen (secondary N) is 1. The van der Waals surface area contributed by atoms with Crippen LogP contribution in [0.1, 0.15) is 63.9 Å². The van der Waals surface area contributed by atoms with Crippen molar-refractivity contribution >= 4 is 11.8 Å². The Hall–Kier alpha value is -2.50. The molecule has 0 aliphatic carbocycles. The van der Waals surface area contributed by atoms with Crippen LogP contribution in [0.3, 0.4) is 0 Å². The van der Waals surface area contributed by atoms with Crippen LogP contribution < -0.4 is 5.32 Å². The molecule has 0 saturated carbocycles. The third-order valence-electron chi connectivity index (χ3n) is 4.92. The predicted molar refractivity (Wildman–Crippen MR) is 119 cm³/mol. The molecule has 1 aliphatic rings. The number of benzene rings is 1. The Labute approximate surface area is 176 Å². The second kappa shape index (κ2) is 12.9. The normalized spacial score (nSPS) is 13.2. The summed E-state index contributed by atoms with van der Waals surface area (Å²) in [6, 6.07) is 7.51. The van der Waals surface area contributed by atoms with Crippen molar-refractivity contribution in [2.24, 2.45) is 0 Å². The van der Waals surface area contributed by atoms with Gasteiger partial charge < -0.3 is 20.0 Å². The molecule has 0 saturated heterocycles. The van der Waals surface area contributed by atoms with Gasteiger partial charge in [0.1, 0.15) is 5.82 Å². The molecule has 0 spiro atoms. The summed E-state index contributed by atoms with van der Waals surface area (Å²) in [5.74, 6) is 1.11. The van der Waals surface area contributed by atoms with Crippen LogP contribution in [0.2, 0.25) is 0 Å². The quantitative estimate of drug-likeness (QED) is 0.721. The van der Waals surface area contributed by atoms with E-state index in [0.717, 1.165) is 37.6 Å². The first-order valence-corrected chi connectivity index (χ1v) is 10.9. The monoisotopic (exact) mass is 402 g/mol. The summed E-state index contributed by atoms with van der Waals surface area (Å²) in [6.07, 6.45) is 2.44. The molecule has 162 valence electrons. The number of amides is 2. The molecule has 0 unspecified atom stereocenters. The Balaban J connectivity index is 0.00000204. The van der Waals surface area contributed by atoms with Gasteiger partial charge in [0, 0.05) is 57.5 Å². The first kappa shape index (κ1) is 24.5. The Morgan fingerprint density at radius 2 is 1.76 bits per heavy atom. The number of carbonyl (C=O) groups excluding carboxylic acids is 2. The van der Waals surface area contributed by atoms with Crippen molar-refractivity contribution in [1.29, 1.82) is 0 Å². The molecule has 1 N–H and O–H groups in total. The standard InChI is InChI=1S/C21H32N4O2.C2H6/c1-5-19(26)22-15-17-10-9-11-18(14-17)21(27)25-13-12-24(8-4)20(16-25)23(6-2)7-3;1-2/h9-11,14,16H,5-8,12-13,15H2,1-4H3,(H,22,26);1-2H3. The minimum atomic E-state index is -0.000854. The minimum absolute atomic E-state index is 0.000854. The molecule has 0 fully saturated rings. The van der Waals surface area contributed by atoms with E-state index in [9.17, 15) is 9.59 Å². The largest absolute Gasteiger partial charge is 0.358 e. The Morgan fingerprint density at radius 1 is 1.07 bits per heavy atom. The maximum atomic E-state index is 13.0. The van der Waals surface area contributed by atoms with Crippen molar-refractivity contribution in [3.63, 3.8) is 0 Å². The van der Waals surface area contributed by atoms with Gasteiger partial charge in [0.15, 0.2) is 0 Å². The molecule has 1 aromatic carbocycles. The molecule has 1 heterocycles. The number of rotatable bonds is 8. The highest BCUT2D eigenvalue weighted by molar-refractivity contribution is 5.95. The molecule has 29 heavy (non-hydrogen) atoms. The first-order chi connectivity index (χ1) is 14.0. The third-order valence-corrected chi connectivity index (χ3v) is 4.92. The van der Waals surface area contributed by atoms with Crippen LogP contribution in [0.5, 0.6) is 0 Å². The number of hydrogen-bond acceptors (Lipinski definition) is 4. The number of likely N-dealkylation sites (N-methyl/N-ethyl adjacent to an activating group) is 1. The molecule has 6 nitrogen and oxygen atoms in total. The Kier molecular flexibility index (Phi) is 10.9. The highest BCUT2D eigenvalue weighted by atomic mass is 16.2. The van der Waals surface area contributed by atoms with Crippen LogP contribution in [-0.4, -0.2) is 59.2 Å².